The molecular formula is C16H21BrO5. The number of hydrogen-bond acceptors (Lipinski definition) is 5. The Labute approximate surface area is 139 Å². The second-order valence-corrected chi connectivity index (χ2v) is 6.04. The maximum Gasteiger partial charge on any atom is 0.335 e. The molecule has 0 N–H and O–H groups in total. The molecule has 0 amide bonds. The lowest BCUT2D eigenvalue weighted by Crippen LogP contribution is -2.27. The molecule has 2 rings (SSSR count). The number of carbonyl (C=O) groups excluding carboxylic acids is 1. The molecule has 1 aliphatic rings. The molecule has 1 aromatic carbocycles. The van der Waals surface area contributed by atoms with E-state index in [-0.39, 0.29) is 18.7 Å². The normalized spacial score (nSPS) is 19.0. The van der Waals surface area contributed by atoms with Gasteiger partial charge in [0.1, 0.15) is 12.4 Å². The Kier molecular flexibility index (Phi) is 6.67. The number of methoxy groups -OCH3 is 1. The Morgan fingerprint density at radius 3 is 2.95 bits per heavy atom. The second-order valence-electron chi connectivity index (χ2n) is 5.19. The van der Waals surface area contributed by atoms with Gasteiger partial charge in [0.15, 0.2) is 6.10 Å². The monoisotopic (exact) mass is 372 g/mol. The van der Waals surface area contributed by atoms with Crippen LogP contribution in [0.5, 0.6) is 5.75 Å². The Bertz CT molecular complexity index is 499. The van der Waals surface area contributed by atoms with E-state index < -0.39 is 6.10 Å². The van der Waals surface area contributed by atoms with Crippen molar-refractivity contribution in [3.05, 3.63) is 28.2 Å². The van der Waals surface area contributed by atoms with Crippen LogP contribution in [0.3, 0.4) is 0 Å². The molecule has 2 unspecified atom stereocenters. The highest BCUT2D eigenvalue weighted by Gasteiger charge is 2.20. The molecule has 0 bridgehead atoms. The quantitative estimate of drug-likeness (QED) is 0.688. The Hall–Kier alpha value is -1.11. The zero-order valence-corrected chi connectivity index (χ0v) is 14.4. The van der Waals surface area contributed by atoms with Crippen LogP contribution in [0.25, 0.3) is 0 Å². The second kappa shape index (κ2) is 8.50. The van der Waals surface area contributed by atoms with E-state index in [1.165, 1.54) is 0 Å². The van der Waals surface area contributed by atoms with Crippen molar-refractivity contribution in [3.63, 3.8) is 0 Å². The number of rotatable bonds is 7. The van der Waals surface area contributed by atoms with Gasteiger partial charge >= 0.3 is 5.97 Å². The number of hydrogen-bond donors (Lipinski definition) is 0. The van der Waals surface area contributed by atoms with Crippen LogP contribution >= 0.6 is 15.9 Å². The number of benzene rings is 1. The fourth-order valence-corrected chi connectivity index (χ4v) is 2.76. The lowest BCUT2D eigenvalue weighted by atomic mass is 10.2. The summed E-state index contributed by atoms with van der Waals surface area (Å²) in [6.07, 6.45) is 1.56. The summed E-state index contributed by atoms with van der Waals surface area (Å²) in [4.78, 5) is 11.9. The van der Waals surface area contributed by atoms with E-state index in [0.717, 1.165) is 35.2 Å². The molecule has 0 saturated carbocycles. The molecule has 0 radical (unpaired) electrons. The summed E-state index contributed by atoms with van der Waals surface area (Å²) in [5.74, 6) is 0.369. The van der Waals surface area contributed by atoms with Gasteiger partial charge in [-0.1, -0.05) is 6.07 Å². The summed E-state index contributed by atoms with van der Waals surface area (Å²) in [6.45, 7) is 3.11. The molecule has 1 aliphatic heterocycles. The van der Waals surface area contributed by atoms with Gasteiger partial charge in [0.25, 0.3) is 0 Å². The Morgan fingerprint density at radius 1 is 1.50 bits per heavy atom. The number of esters is 1. The van der Waals surface area contributed by atoms with Crippen LogP contribution in [-0.2, 0) is 25.6 Å². The van der Waals surface area contributed by atoms with Crippen molar-refractivity contribution in [3.8, 4) is 5.75 Å². The van der Waals surface area contributed by atoms with Gasteiger partial charge in [-0.15, -0.1) is 0 Å². The van der Waals surface area contributed by atoms with Crippen molar-refractivity contribution in [2.75, 3.05) is 20.3 Å². The van der Waals surface area contributed by atoms with E-state index in [4.69, 9.17) is 18.9 Å². The molecule has 1 saturated heterocycles. The topological polar surface area (TPSA) is 54.0 Å². The van der Waals surface area contributed by atoms with E-state index in [1.54, 1.807) is 14.0 Å². The van der Waals surface area contributed by atoms with Crippen molar-refractivity contribution in [1.29, 1.82) is 0 Å². The average molecular weight is 373 g/mol. The predicted molar refractivity (Wildman–Crippen MR) is 84.9 cm³/mol. The predicted octanol–water partition coefficient (Wildman–Crippen LogP) is 3.09. The van der Waals surface area contributed by atoms with Gasteiger partial charge < -0.3 is 18.9 Å². The zero-order chi connectivity index (χ0) is 15.9. The molecule has 0 spiro atoms. The van der Waals surface area contributed by atoms with Gasteiger partial charge in [-0.05, 0) is 53.4 Å². The molecular weight excluding hydrogens is 352 g/mol. The highest BCUT2D eigenvalue weighted by Crippen LogP contribution is 2.25. The van der Waals surface area contributed by atoms with Crippen molar-refractivity contribution >= 4 is 21.9 Å². The van der Waals surface area contributed by atoms with Crippen LogP contribution in [0.15, 0.2) is 22.7 Å². The van der Waals surface area contributed by atoms with Crippen LogP contribution in [-0.4, -0.2) is 38.5 Å². The van der Waals surface area contributed by atoms with Crippen molar-refractivity contribution in [2.24, 2.45) is 0 Å². The molecule has 122 valence electrons. The first-order valence-corrected chi connectivity index (χ1v) is 8.11. The average Bonchev–Trinajstić information content (AvgIpc) is 3.03. The first-order chi connectivity index (χ1) is 10.6. The minimum atomic E-state index is -0.592. The first kappa shape index (κ1) is 17.2. The summed E-state index contributed by atoms with van der Waals surface area (Å²) in [5, 5.41) is 0. The fraction of sp³-hybridized carbons (Fsp3) is 0.562. The summed E-state index contributed by atoms with van der Waals surface area (Å²) in [6, 6.07) is 5.55. The van der Waals surface area contributed by atoms with Gasteiger partial charge in [0.2, 0.25) is 0 Å². The van der Waals surface area contributed by atoms with Crippen molar-refractivity contribution in [1.82, 2.24) is 0 Å². The molecule has 1 fully saturated rings. The molecule has 22 heavy (non-hydrogen) atoms. The van der Waals surface area contributed by atoms with E-state index in [9.17, 15) is 4.79 Å². The van der Waals surface area contributed by atoms with E-state index in [1.807, 2.05) is 18.2 Å². The summed E-state index contributed by atoms with van der Waals surface area (Å²) in [7, 11) is 1.60. The maximum atomic E-state index is 11.9. The van der Waals surface area contributed by atoms with Crippen molar-refractivity contribution in [2.45, 2.75) is 38.6 Å². The standard InChI is InChI=1S/C16H21BrO5/c1-11(21-10-13-4-3-7-20-13)16(18)22-9-12-5-6-15(19-2)14(17)8-12/h5-6,8,11,13H,3-4,7,9-10H2,1-2H3. The molecule has 5 nitrogen and oxygen atoms in total. The molecule has 2 atom stereocenters. The number of halogens is 1. The lowest BCUT2D eigenvalue weighted by Gasteiger charge is -2.15. The molecule has 1 aromatic rings. The minimum absolute atomic E-state index is 0.104. The third-order valence-electron chi connectivity index (χ3n) is 3.49. The van der Waals surface area contributed by atoms with Gasteiger partial charge in [0, 0.05) is 6.61 Å². The van der Waals surface area contributed by atoms with Crippen molar-refractivity contribution < 1.29 is 23.7 Å². The number of carbonyl (C=O) groups is 1. The molecule has 6 heteroatoms. The first-order valence-electron chi connectivity index (χ1n) is 7.32. The Morgan fingerprint density at radius 2 is 2.32 bits per heavy atom. The smallest absolute Gasteiger partial charge is 0.335 e. The van der Waals surface area contributed by atoms with Crippen LogP contribution in [0.4, 0.5) is 0 Å². The largest absolute Gasteiger partial charge is 0.496 e. The third kappa shape index (κ3) is 4.97. The zero-order valence-electron chi connectivity index (χ0n) is 12.8. The summed E-state index contributed by atoms with van der Waals surface area (Å²) in [5.41, 5.74) is 0.882. The van der Waals surface area contributed by atoms with E-state index in [2.05, 4.69) is 15.9 Å². The van der Waals surface area contributed by atoms with Crippen LogP contribution in [0, 0.1) is 0 Å². The molecule has 0 aromatic heterocycles. The van der Waals surface area contributed by atoms with Gasteiger partial charge in [0.05, 0.1) is 24.3 Å². The Balaban J connectivity index is 1.75. The lowest BCUT2D eigenvalue weighted by molar-refractivity contribution is -0.159. The van der Waals surface area contributed by atoms with Gasteiger partial charge in [-0.3, -0.25) is 0 Å². The third-order valence-corrected chi connectivity index (χ3v) is 4.11. The van der Waals surface area contributed by atoms with Gasteiger partial charge in [-0.2, -0.15) is 0 Å². The highest BCUT2D eigenvalue weighted by atomic mass is 79.9. The molecule has 0 aliphatic carbocycles. The molecule has 1 heterocycles. The fourth-order valence-electron chi connectivity index (χ4n) is 2.17. The SMILES string of the molecule is COc1ccc(COC(=O)C(C)OCC2CCCO2)cc1Br. The van der Waals surface area contributed by atoms with Gasteiger partial charge in [-0.25, -0.2) is 4.79 Å². The maximum absolute atomic E-state index is 11.9. The summed E-state index contributed by atoms with van der Waals surface area (Å²) < 4.78 is 22.2. The van der Waals surface area contributed by atoms with E-state index >= 15 is 0 Å². The van der Waals surface area contributed by atoms with Crippen LogP contribution in [0.2, 0.25) is 0 Å². The minimum Gasteiger partial charge on any atom is -0.496 e. The summed E-state index contributed by atoms with van der Waals surface area (Å²) >= 11 is 3.40. The van der Waals surface area contributed by atoms with Crippen LogP contribution in [0.1, 0.15) is 25.3 Å². The number of ether oxygens (including phenoxy) is 4. The van der Waals surface area contributed by atoms with E-state index in [0.29, 0.717) is 6.61 Å². The highest BCUT2D eigenvalue weighted by molar-refractivity contribution is 9.10. The van der Waals surface area contributed by atoms with Crippen LogP contribution < -0.4 is 4.74 Å².